The smallest absolute Gasteiger partial charge is 0.0714 e. The Morgan fingerprint density at radius 3 is 3.33 bits per heavy atom. The van der Waals surface area contributed by atoms with Crippen LogP contribution < -0.4 is 0 Å². The highest BCUT2D eigenvalue weighted by atomic mass is 32.2. The fourth-order valence-electron chi connectivity index (χ4n) is 2.17. The summed E-state index contributed by atoms with van der Waals surface area (Å²) in [5.41, 5.74) is 2.45. The van der Waals surface area contributed by atoms with Crippen molar-refractivity contribution >= 4 is 11.8 Å². The molecule has 0 fully saturated rings. The third-order valence-electron chi connectivity index (χ3n) is 2.96. The maximum Gasteiger partial charge on any atom is 0.0714 e. The van der Waals surface area contributed by atoms with Crippen LogP contribution in [0.2, 0.25) is 0 Å². The number of aliphatic hydroxyl groups excluding tert-OH is 1. The van der Waals surface area contributed by atoms with Crippen LogP contribution in [0.15, 0.2) is 18.3 Å². The molecule has 0 aromatic carbocycles. The van der Waals surface area contributed by atoms with Crippen molar-refractivity contribution in [3.05, 3.63) is 29.6 Å². The molecule has 82 valence electrons. The van der Waals surface area contributed by atoms with Gasteiger partial charge in [-0.1, -0.05) is 13.0 Å². The summed E-state index contributed by atoms with van der Waals surface area (Å²) in [6, 6.07) is 4.11. The Hall–Kier alpha value is -0.540. The van der Waals surface area contributed by atoms with E-state index in [1.165, 1.54) is 5.56 Å². The minimum Gasteiger partial charge on any atom is -0.392 e. The summed E-state index contributed by atoms with van der Waals surface area (Å²) in [5, 5.41) is 10.1. The molecular weight excluding hydrogens is 206 g/mol. The molecule has 0 saturated heterocycles. The van der Waals surface area contributed by atoms with Crippen molar-refractivity contribution in [1.82, 2.24) is 4.98 Å². The quantitative estimate of drug-likeness (QED) is 0.849. The first-order valence-electron chi connectivity index (χ1n) is 5.52. The van der Waals surface area contributed by atoms with Gasteiger partial charge in [0.05, 0.1) is 6.10 Å². The van der Waals surface area contributed by atoms with E-state index in [2.05, 4.69) is 18.0 Å². The van der Waals surface area contributed by atoms with E-state index in [4.69, 9.17) is 0 Å². The molecule has 1 aliphatic rings. The molecule has 15 heavy (non-hydrogen) atoms. The number of nitrogens with zero attached hydrogens (tertiary/aromatic N) is 1. The molecule has 2 nitrogen and oxygen atoms in total. The lowest BCUT2D eigenvalue weighted by Crippen LogP contribution is -2.20. The molecule has 2 rings (SSSR count). The number of thioether (sulfide) groups is 1. The minimum atomic E-state index is -0.230. The second kappa shape index (κ2) is 4.99. The van der Waals surface area contributed by atoms with Gasteiger partial charge < -0.3 is 5.11 Å². The van der Waals surface area contributed by atoms with Crippen LogP contribution in [0, 0.1) is 0 Å². The number of hydrogen-bond acceptors (Lipinski definition) is 3. The van der Waals surface area contributed by atoms with Crippen LogP contribution in [0.1, 0.15) is 30.5 Å². The standard InChI is InChI=1S/C12H17NOS/c1-2-15-8-11(14)10-6-5-9-4-3-7-13-12(9)10/h3-4,7,10-11,14H,2,5-6,8H2,1H3. The van der Waals surface area contributed by atoms with Gasteiger partial charge in [0.15, 0.2) is 0 Å². The van der Waals surface area contributed by atoms with Gasteiger partial charge in [0.25, 0.3) is 0 Å². The van der Waals surface area contributed by atoms with Gasteiger partial charge in [0.1, 0.15) is 0 Å². The molecule has 0 bridgehead atoms. The molecule has 1 aliphatic carbocycles. The largest absolute Gasteiger partial charge is 0.392 e. The first-order valence-corrected chi connectivity index (χ1v) is 6.68. The van der Waals surface area contributed by atoms with Crippen molar-refractivity contribution in [3.8, 4) is 0 Å². The number of aryl methyl sites for hydroxylation is 1. The third kappa shape index (κ3) is 2.34. The molecule has 0 saturated carbocycles. The van der Waals surface area contributed by atoms with E-state index in [-0.39, 0.29) is 12.0 Å². The molecule has 3 heteroatoms. The summed E-state index contributed by atoms with van der Waals surface area (Å²) in [6.45, 7) is 2.12. The average molecular weight is 223 g/mol. The van der Waals surface area contributed by atoms with E-state index < -0.39 is 0 Å². The summed E-state index contributed by atoms with van der Waals surface area (Å²) >= 11 is 1.80. The molecular formula is C12H17NOS. The van der Waals surface area contributed by atoms with E-state index in [0.29, 0.717) is 0 Å². The summed E-state index contributed by atoms with van der Waals surface area (Å²) < 4.78 is 0. The van der Waals surface area contributed by atoms with Crippen LogP contribution in [-0.4, -0.2) is 27.7 Å². The SMILES string of the molecule is CCSCC(O)C1CCc2cccnc21. The van der Waals surface area contributed by atoms with E-state index in [0.717, 1.165) is 30.0 Å². The van der Waals surface area contributed by atoms with Crippen LogP contribution in [0.5, 0.6) is 0 Å². The van der Waals surface area contributed by atoms with Crippen molar-refractivity contribution in [2.75, 3.05) is 11.5 Å². The highest BCUT2D eigenvalue weighted by Gasteiger charge is 2.29. The zero-order chi connectivity index (χ0) is 10.7. The first-order chi connectivity index (χ1) is 7.33. The molecule has 1 heterocycles. The predicted molar refractivity (Wildman–Crippen MR) is 64.3 cm³/mol. The van der Waals surface area contributed by atoms with Gasteiger partial charge >= 0.3 is 0 Å². The van der Waals surface area contributed by atoms with Crippen LogP contribution in [-0.2, 0) is 6.42 Å². The van der Waals surface area contributed by atoms with Crippen molar-refractivity contribution in [2.24, 2.45) is 0 Å². The Balaban J connectivity index is 2.06. The topological polar surface area (TPSA) is 33.1 Å². The van der Waals surface area contributed by atoms with Gasteiger partial charge in [-0.05, 0) is 30.2 Å². The fourth-order valence-corrected chi connectivity index (χ4v) is 2.88. The van der Waals surface area contributed by atoms with Crippen molar-refractivity contribution in [1.29, 1.82) is 0 Å². The van der Waals surface area contributed by atoms with Gasteiger partial charge in [-0.2, -0.15) is 11.8 Å². The van der Waals surface area contributed by atoms with Gasteiger partial charge in [0, 0.05) is 23.6 Å². The third-order valence-corrected chi connectivity index (χ3v) is 3.94. The summed E-state index contributed by atoms with van der Waals surface area (Å²) in [7, 11) is 0. The lowest BCUT2D eigenvalue weighted by Gasteiger charge is -2.17. The highest BCUT2D eigenvalue weighted by Crippen LogP contribution is 2.34. The first kappa shape index (κ1) is 11.0. The number of fused-ring (bicyclic) bond motifs is 1. The highest BCUT2D eigenvalue weighted by molar-refractivity contribution is 7.99. The molecule has 2 atom stereocenters. The second-order valence-electron chi connectivity index (χ2n) is 3.92. The number of aliphatic hydroxyl groups is 1. The van der Waals surface area contributed by atoms with Crippen molar-refractivity contribution < 1.29 is 5.11 Å². The van der Waals surface area contributed by atoms with Crippen LogP contribution in [0.3, 0.4) is 0 Å². The maximum absolute atomic E-state index is 10.1. The van der Waals surface area contributed by atoms with E-state index in [1.54, 1.807) is 11.8 Å². The van der Waals surface area contributed by atoms with Gasteiger partial charge in [0.2, 0.25) is 0 Å². The number of aromatic nitrogens is 1. The molecule has 0 spiro atoms. The van der Waals surface area contributed by atoms with Gasteiger partial charge in [-0.15, -0.1) is 0 Å². The molecule has 0 amide bonds. The molecule has 1 N–H and O–H groups in total. The Morgan fingerprint density at radius 1 is 1.67 bits per heavy atom. The van der Waals surface area contributed by atoms with E-state index in [1.807, 2.05) is 12.3 Å². The van der Waals surface area contributed by atoms with Crippen LogP contribution in [0.4, 0.5) is 0 Å². The van der Waals surface area contributed by atoms with Gasteiger partial charge in [-0.25, -0.2) is 0 Å². The zero-order valence-electron chi connectivity index (χ0n) is 9.02. The zero-order valence-corrected chi connectivity index (χ0v) is 9.83. The fraction of sp³-hybridized carbons (Fsp3) is 0.583. The molecule has 0 radical (unpaired) electrons. The van der Waals surface area contributed by atoms with E-state index >= 15 is 0 Å². The second-order valence-corrected chi connectivity index (χ2v) is 5.24. The monoisotopic (exact) mass is 223 g/mol. The minimum absolute atomic E-state index is 0.230. The van der Waals surface area contributed by atoms with E-state index in [9.17, 15) is 5.11 Å². The van der Waals surface area contributed by atoms with Crippen LogP contribution in [0.25, 0.3) is 0 Å². The maximum atomic E-state index is 10.1. The Kier molecular flexibility index (Phi) is 3.65. The summed E-state index contributed by atoms with van der Waals surface area (Å²) in [4.78, 5) is 4.40. The van der Waals surface area contributed by atoms with Gasteiger partial charge in [-0.3, -0.25) is 4.98 Å². The Morgan fingerprint density at radius 2 is 2.53 bits per heavy atom. The van der Waals surface area contributed by atoms with Crippen molar-refractivity contribution in [2.45, 2.75) is 31.8 Å². The average Bonchev–Trinajstić information content (AvgIpc) is 2.69. The Labute approximate surface area is 95.1 Å². The molecule has 1 aromatic rings. The summed E-state index contributed by atoms with van der Waals surface area (Å²) in [6.07, 6.45) is 3.72. The van der Waals surface area contributed by atoms with Crippen LogP contribution >= 0.6 is 11.8 Å². The predicted octanol–water partition coefficient (Wildman–Crippen LogP) is 2.23. The number of rotatable bonds is 4. The normalized spacial score (nSPS) is 21.3. The number of pyridine rings is 1. The molecule has 1 aromatic heterocycles. The Bertz CT molecular complexity index is 329. The van der Waals surface area contributed by atoms with Crippen molar-refractivity contribution in [3.63, 3.8) is 0 Å². The lowest BCUT2D eigenvalue weighted by atomic mass is 10.0. The molecule has 2 unspecified atom stereocenters. The lowest BCUT2D eigenvalue weighted by molar-refractivity contribution is 0.165. The number of hydrogen-bond donors (Lipinski definition) is 1. The molecule has 0 aliphatic heterocycles. The summed E-state index contributed by atoms with van der Waals surface area (Å²) in [5.74, 6) is 2.16.